The molecule has 0 atom stereocenters. The second-order valence-electron chi connectivity index (χ2n) is 4.75. The third-order valence-corrected chi connectivity index (χ3v) is 3.61. The van der Waals surface area contributed by atoms with Gasteiger partial charge in [-0.1, -0.05) is 17.7 Å². The summed E-state index contributed by atoms with van der Waals surface area (Å²) in [6, 6.07) is 9.64. The minimum atomic E-state index is -1.72. The topological polar surface area (TPSA) is 104 Å². The highest BCUT2D eigenvalue weighted by molar-refractivity contribution is 6.62. The molecule has 0 heterocycles. The van der Waals surface area contributed by atoms with Crippen molar-refractivity contribution in [3.63, 3.8) is 0 Å². The van der Waals surface area contributed by atoms with Gasteiger partial charge in [0.1, 0.15) is 0 Å². The molecule has 0 aliphatic rings. The van der Waals surface area contributed by atoms with Gasteiger partial charge in [-0.05, 0) is 24.3 Å². The number of nitro benzene ring substituents is 1. The Morgan fingerprint density at radius 3 is 2.30 bits per heavy atom. The second-order valence-corrected chi connectivity index (χ2v) is 5.15. The Labute approximate surface area is 137 Å². The maximum atomic E-state index is 12.4. The van der Waals surface area contributed by atoms with Crippen molar-refractivity contribution < 1.29 is 19.8 Å². The Kier molecular flexibility index (Phi) is 5.00. The quantitative estimate of drug-likeness (QED) is 0.497. The lowest BCUT2D eigenvalue weighted by Gasteiger charge is -2.17. The molecule has 2 rings (SSSR count). The molecule has 2 aromatic carbocycles. The van der Waals surface area contributed by atoms with Crippen LogP contribution >= 0.6 is 11.6 Å². The molecule has 0 saturated heterocycles. The molecular weight excluding hydrogens is 322 g/mol. The van der Waals surface area contributed by atoms with Gasteiger partial charge in [0.2, 0.25) is 0 Å². The Morgan fingerprint density at radius 2 is 1.83 bits per heavy atom. The van der Waals surface area contributed by atoms with Gasteiger partial charge in [-0.25, -0.2) is 0 Å². The van der Waals surface area contributed by atoms with Crippen molar-refractivity contribution in [1.82, 2.24) is 0 Å². The highest BCUT2D eigenvalue weighted by Gasteiger charge is 2.19. The molecule has 0 saturated carbocycles. The Bertz CT molecular complexity index is 751. The van der Waals surface area contributed by atoms with E-state index >= 15 is 0 Å². The molecule has 0 aliphatic heterocycles. The van der Waals surface area contributed by atoms with Crippen LogP contribution in [-0.2, 0) is 0 Å². The molecule has 0 aliphatic carbocycles. The Hall–Kier alpha value is -2.42. The first-order valence-corrected chi connectivity index (χ1v) is 6.87. The summed E-state index contributed by atoms with van der Waals surface area (Å²) >= 11 is 5.91. The van der Waals surface area contributed by atoms with E-state index in [1.54, 1.807) is 0 Å². The molecule has 0 bridgehead atoms. The van der Waals surface area contributed by atoms with Gasteiger partial charge in [-0.3, -0.25) is 14.9 Å². The number of amides is 1. The smallest absolute Gasteiger partial charge is 0.423 e. The van der Waals surface area contributed by atoms with Crippen LogP contribution in [-0.4, -0.2) is 35.0 Å². The molecular formula is C14H12BClN2O5. The van der Waals surface area contributed by atoms with Crippen molar-refractivity contribution >= 4 is 41.5 Å². The number of hydrogen-bond acceptors (Lipinski definition) is 5. The van der Waals surface area contributed by atoms with Crippen LogP contribution in [0.2, 0.25) is 5.02 Å². The molecule has 23 heavy (non-hydrogen) atoms. The number of non-ortho nitro benzene ring substituents is 1. The molecule has 2 aromatic rings. The second kappa shape index (κ2) is 6.78. The number of nitrogens with zero attached hydrogens (tertiary/aromatic N) is 2. The van der Waals surface area contributed by atoms with Crippen molar-refractivity contribution in [2.45, 2.75) is 0 Å². The zero-order valence-corrected chi connectivity index (χ0v) is 12.8. The van der Waals surface area contributed by atoms with E-state index in [1.165, 1.54) is 54.4 Å². The van der Waals surface area contributed by atoms with Gasteiger partial charge < -0.3 is 14.9 Å². The first-order valence-electron chi connectivity index (χ1n) is 6.49. The summed E-state index contributed by atoms with van der Waals surface area (Å²) in [6.07, 6.45) is 0. The van der Waals surface area contributed by atoms with Gasteiger partial charge in [0.15, 0.2) is 0 Å². The van der Waals surface area contributed by atoms with Crippen molar-refractivity contribution in [3.8, 4) is 0 Å². The molecule has 118 valence electrons. The highest BCUT2D eigenvalue weighted by Crippen LogP contribution is 2.20. The standard InChI is InChI=1S/C14H12BClN2O5/c1-17(10-3-5-11(6-4-10)18(22)23)14(19)9-2-7-12(15(20)21)13(16)8-9/h2-8,20-21H,1H3. The number of hydrogen-bond donors (Lipinski definition) is 2. The summed E-state index contributed by atoms with van der Waals surface area (Å²) in [5, 5.41) is 28.9. The molecule has 0 radical (unpaired) electrons. The third kappa shape index (κ3) is 3.68. The largest absolute Gasteiger partial charge is 0.489 e. The summed E-state index contributed by atoms with van der Waals surface area (Å²) in [5.41, 5.74) is 0.753. The number of nitro groups is 1. The van der Waals surface area contributed by atoms with Gasteiger partial charge in [0.25, 0.3) is 11.6 Å². The van der Waals surface area contributed by atoms with Crippen LogP contribution in [0.15, 0.2) is 42.5 Å². The summed E-state index contributed by atoms with van der Waals surface area (Å²) in [5.74, 6) is -0.389. The van der Waals surface area contributed by atoms with E-state index in [9.17, 15) is 14.9 Å². The van der Waals surface area contributed by atoms with Crippen LogP contribution < -0.4 is 10.4 Å². The molecule has 7 nitrogen and oxygen atoms in total. The Balaban J connectivity index is 2.25. The van der Waals surface area contributed by atoms with E-state index < -0.39 is 12.0 Å². The zero-order chi connectivity index (χ0) is 17.1. The lowest BCUT2D eigenvalue weighted by Crippen LogP contribution is -2.32. The predicted molar refractivity (Wildman–Crippen MR) is 87.1 cm³/mol. The van der Waals surface area contributed by atoms with E-state index in [0.717, 1.165) is 0 Å². The summed E-state index contributed by atoms with van der Waals surface area (Å²) in [6.45, 7) is 0. The first kappa shape index (κ1) is 16.9. The number of benzene rings is 2. The van der Waals surface area contributed by atoms with E-state index in [0.29, 0.717) is 5.69 Å². The highest BCUT2D eigenvalue weighted by atomic mass is 35.5. The summed E-state index contributed by atoms with van der Waals surface area (Å²) in [4.78, 5) is 23.8. The molecule has 0 aromatic heterocycles. The average molecular weight is 335 g/mol. The van der Waals surface area contributed by atoms with Gasteiger partial charge in [-0.2, -0.15) is 0 Å². The van der Waals surface area contributed by atoms with Crippen LogP contribution in [0, 0.1) is 10.1 Å². The predicted octanol–water partition coefficient (Wildman–Crippen LogP) is 1.20. The Morgan fingerprint density at radius 1 is 1.22 bits per heavy atom. The van der Waals surface area contributed by atoms with Crippen molar-refractivity contribution in [2.24, 2.45) is 0 Å². The minimum Gasteiger partial charge on any atom is -0.423 e. The van der Waals surface area contributed by atoms with Crippen molar-refractivity contribution in [2.75, 3.05) is 11.9 Å². The number of rotatable bonds is 4. The van der Waals surface area contributed by atoms with Crippen molar-refractivity contribution in [3.05, 3.63) is 63.2 Å². The summed E-state index contributed by atoms with van der Waals surface area (Å²) in [7, 11) is -0.203. The maximum Gasteiger partial charge on any atom is 0.489 e. The fraction of sp³-hybridized carbons (Fsp3) is 0.0714. The fourth-order valence-corrected chi connectivity index (χ4v) is 2.26. The van der Waals surface area contributed by atoms with E-state index in [2.05, 4.69) is 0 Å². The average Bonchev–Trinajstić information content (AvgIpc) is 2.53. The lowest BCUT2D eigenvalue weighted by molar-refractivity contribution is -0.384. The zero-order valence-electron chi connectivity index (χ0n) is 12.0. The number of anilines is 1. The number of carbonyl (C=O) groups excluding carboxylic acids is 1. The molecule has 0 unspecified atom stereocenters. The van der Waals surface area contributed by atoms with E-state index in [1.807, 2.05) is 0 Å². The first-order chi connectivity index (χ1) is 10.8. The van der Waals surface area contributed by atoms with Crippen LogP contribution in [0.5, 0.6) is 0 Å². The molecule has 2 N–H and O–H groups in total. The van der Waals surface area contributed by atoms with E-state index in [-0.39, 0.29) is 27.6 Å². The van der Waals surface area contributed by atoms with Crippen LogP contribution in [0.3, 0.4) is 0 Å². The maximum absolute atomic E-state index is 12.4. The van der Waals surface area contributed by atoms with Gasteiger partial charge in [-0.15, -0.1) is 0 Å². The SMILES string of the molecule is CN(C(=O)c1ccc(B(O)O)c(Cl)c1)c1ccc([N+](=O)[O-])cc1. The molecule has 0 spiro atoms. The van der Waals surface area contributed by atoms with Crippen LogP contribution in [0.1, 0.15) is 10.4 Å². The minimum absolute atomic E-state index is 0.0583. The molecule has 1 amide bonds. The third-order valence-electron chi connectivity index (χ3n) is 3.28. The normalized spacial score (nSPS) is 10.3. The van der Waals surface area contributed by atoms with E-state index in [4.69, 9.17) is 21.6 Å². The van der Waals surface area contributed by atoms with Gasteiger partial charge in [0, 0.05) is 40.9 Å². The monoisotopic (exact) mass is 334 g/mol. The number of carbonyl (C=O) groups is 1. The lowest BCUT2D eigenvalue weighted by atomic mass is 9.80. The summed E-state index contributed by atoms with van der Waals surface area (Å²) < 4.78 is 0. The fourth-order valence-electron chi connectivity index (χ4n) is 1.98. The van der Waals surface area contributed by atoms with Crippen LogP contribution in [0.4, 0.5) is 11.4 Å². The molecule has 0 fully saturated rings. The van der Waals surface area contributed by atoms with Crippen LogP contribution in [0.25, 0.3) is 0 Å². The molecule has 9 heteroatoms. The van der Waals surface area contributed by atoms with Gasteiger partial charge in [0.05, 0.1) is 4.92 Å². The van der Waals surface area contributed by atoms with Crippen molar-refractivity contribution in [1.29, 1.82) is 0 Å². The number of halogens is 1. The van der Waals surface area contributed by atoms with Gasteiger partial charge >= 0.3 is 7.12 Å².